The van der Waals surface area contributed by atoms with E-state index in [2.05, 4.69) is 0 Å². The largest absolute Gasteiger partial charge is 0.493 e. The molecule has 0 radical (unpaired) electrons. The summed E-state index contributed by atoms with van der Waals surface area (Å²) in [6, 6.07) is 13.5. The maximum atomic E-state index is 12.5. The number of fused-ring (bicyclic) bond motifs is 9. The van der Waals surface area contributed by atoms with E-state index in [4.69, 9.17) is 54.7 Å². The summed E-state index contributed by atoms with van der Waals surface area (Å²) in [6.07, 6.45) is -7.17. The molecular weight excluding hydrogens is 754 g/mol. The van der Waals surface area contributed by atoms with Gasteiger partial charge in [0.25, 0.3) is 0 Å². The predicted octanol–water partition coefficient (Wildman–Crippen LogP) is 0.981. The summed E-state index contributed by atoms with van der Waals surface area (Å²) in [5, 5.41) is 46.2. The minimum absolute atomic E-state index is 0.142. The van der Waals surface area contributed by atoms with Crippen molar-refractivity contribution in [2.45, 2.75) is 111 Å². The van der Waals surface area contributed by atoms with Crippen LogP contribution < -0.4 is 45.7 Å². The fourth-order valence-corrected chi connectivity index (χ4v) is 10.1. The first kappa shape index (κ1) is 38.5. The second-order valence-corrected chi connectivity index (χ2v) is 16.0. The Bertz CT molecular complexity index is 2290. The average molecular weight is 802 g/mol. The summed E-state index contributed by atoms with van der Waals surface area (Å²) in [5.74, 6) is -0.429. The number of aliphatic hydroxyl groups is 3. The van der Waals surface area contributed by atoms with E-state index in [-0.39, 0.29) is 18.8 Å². The highest BCUT2D eigenvalue weighted by Gasteiger charge is 2.61. The van der Waals surface area contributed by atoms with Crippen LogP contribution in [0.3, 0.4) is 0 Å². The Morgan fingerprint density at radius 3 is 2.50 bits per heavy atom. The van der Waals surface area contributed by atoms with Crippen LogP contribution in [0.2, 0.25) is 0 Å². The number of methoxy groups -OCH3 is 2. The second kappa shape index (κ2) is 14.4. The van der Waals surface area contributed by atoms with Crippen molar-refractivity contribution in [1.29, 1.82) is 0 Å². The van der Waals surface area contributed by atoms with E-state index < -0.39 is 72.5 Å². The van der Waals surface area contributed by atoms with Crippen LogP contribution in [-0.2, 0) is 25.5 Å². The summed E-state index contributed by atoms with van der Waals surface area (Å²) in [6.45, 7) is 0.334. The van der Waals surface area contributed by atoms with Crippen LogP contribution in [-0.4, -0.2) is 101 Å². The van der Waals surface area contributed by atoms with Gasteiger partial charge in [-0.2, -0.15) is 0 Å². The Balaban J connectivity index is 1.22. The maximum absolute atomic E-state index is 12.5. The van der Waals surface area contributed by atoms with Crippen LogP contribution in [0.4, 0.5) is 0 Å². The van der Waals surface area contributed by atoms with Gasteiger partial charge in [0, 0.05) is 28.0 Å². The van der Waals surface area contributed by atoms with E-state index in [0.717, 1.165) is 64.9 Å². The second-order valence-electron chi connectivity index (χ2n) is 16.0. The molecule has 0 amide bonds. The predicted molar refractivity (Wildman–Crippen MR) is 202 cm³/mol. The van der Waals surface area contributed by atoms with Gasteiger partial charge in [0.2, 0.25) is 12.0 Å². The number of aliphatic carboxylic acids is 1. The first-order valence-corrected chi connectivity index (χ1v) is 19.7. The summed E-state index contributed by atoms with van der Waals surface area (Å²) in [7, 11) is 3.17. The lowest BCUT2D eigenvalue weighted by atomic mass is 9.67. The van der Waals surface area contributed by atoms with Gasteiger partial charge in [-0.05, 0) is 61.8 Å². The number of benzene rings is 3. The number of esters is 1. The number of aliphatic hydroxyl groups excluding tert-OH is 2. The Labute approximate surface area is 332 Å². The van der Waals surface area contributed by atoms with Gasteiger partial charge in [-0.3, -0.25) is 14.6 Å². The number of hydrogen-bond donors (Lipinski definition) is 6. The van der Waals surface area contributed by atoms with Gasteiger partial charge in [-0.1, -0.05) is 30.7 Å². The van der Waals surface area contributed by atoms with Crippen molar-refractivity contribution in [1.82, 2.24) is 0 Å². The van der Waals surface area contributed by atoms with Crippen molar-refractivity contribution in [2.24, 2.45) is 16.5 Å². The van der Waals surface area contributed by atoms with E-state index in [1.807, 2.05) is 36.4 Å². The molecule has 5 aliphatic heterocycles. The number of carbonyl (C=O) groups excluding carboxylic acids is 1. The molecule has 3 aromatic rings. The monoisotopic (exact) mass is 801 g/mol. The highest BCUT2D eigenvalue weighted by molar-refractivity contribution is 5.90. The van der Waals surface area contributed by atoms with E-state index >= 15 is 0 Å². The zero-order valence-corrected chi connectivity index (χ0v) is 32.1. The molecule has 0 bridgehead atoms. The van der Waals surface area contributed by atoms with E-state index in [0.29, 0.717) is 40.9 Å². The number of hydrogen-bond acceptors (Lipinski definition) is 15. The lowest BCUT2D eigenvalue weighted by molar-refractivity contribution is -0.329. The molecule has 0 unspecified atom stereocenters. The van der Waals surface area contributed by atoms with Crippen LogP contribution in [0.15, 0.2) is 47.5 Å². The summed E-state index contributed by atoms with van der Waals surface area (Å²) >= 11 is 0. The molecule has 58 heavy (non-hydrogen) atoms. The zero-order valence-electron chi connectivity index (χ0n) is 32.1. The average Bonchev–Trinajstić information content (AvgIpc) is 3.78. The molecule has 2 fully saturated rings. The fourth-order valence-electron chi connectivity index (χ4n) is 10.1. The number of nitrogens with two attached hydrogens (primary N) is 2. The number of rotatable bonds is 8. The van der Waals surface area contributed by atoms with Crippen molar-refractivity contribution in [3.8, 4) is 28.7 Å². The highest BCUT2D eigenvalue weighted by Crippen LogP contribution is 2.65. The molecule has 16 nitrogen and oxygen atoms in total. The SMILES string of the molecule is COc1ccc2c(c1OC)O[C@H]1c3c(cc4c(c3C3=c5ccccc5=NC3)CC[C@]3(O)[C@H](O4)O[C@H]([C@H](OC(=O)CC(=O)O)C(N)N)[C@@H](O)[C@@H]3O)OC3(CCCCC3)[C@@H]21. The van der Waals surface area contributed by atoms with E-state index in [1.165, 1.54) is 0 Å². The molecule has 8 atom stereocenters. The van der Waals surface area contributed by atoms with E-state index in [1.54, 1.807) is 20.3 Å². The van der Waals surface area contributed by atoms with Crippen LogP contribution in [0.25, 0.3) is 5.57 Å². The molecule has 3 aromatic carbocycles. The molecule has 1 spiro atoms. The van der Waals surface area contributed by atoms with Crippen molar-refractivity contribution >= 4 is 17.5 Å². The Hall–Kier alpha value is -4.97. The Morgan fingerprint density at radius 1 is 1.00 bits per heavy atom. The first-order chi connectivity index (χ1) is 27.9. The van der Waals surface area contributed by atoms with Gasteiger partial charge in [-0.25, -0.2) is 0 Å². The molecule has 1 aliphatic carbocycles. The topological polar surface area (TPSA) is 244 Å². The third-order valence-electron chi connectivity index (χ3n) is 12.7. The van der Waals surface area contributed by atoms with Crippen LogP contribution >= 0.6 is 0 Å². The minimum atomic E-state index is -2.19. The lowest BCUT2D eigenvalue weighted by Gasteiger charge is -2.49. The summed E-state index contributed by atoms with van der Waals surface area (Å²) in [5.41, 5.74) is 13.2. The maximum Gasteiger partial charge on any atom is 0.317 e. The standard InChI is InChI=1S/C42H47N3O13/c1-52-24-11-10-21-31-35(56-33(21)34(24)53-2)30-26(58-41(31)13-6-3-7-14-41)16-25-20(29(30)22-18-45-23-9-5-4-8-19(22)23)12-15-42(51)38(50)32(49)36(57-40(42)54-25)37(39(43)44)55-28(48)17-27(46)47/h4-5,8-11,16,31-32,35-40,49-51H,3,6-7,12-15,17-18,43-44H2,1-2H3,(H,46,47)/t31-,32+,35-,36-,37-,38-,40+,42+/m0/s1. The minimum Gasteiger partial charge on any atom is -0.493 e. The fraction of sp³-hybridized carbons (Fsp3) is 0.500. The van der Waals surface area contributed by atoms with Crippen LogP contribution in [0.5, 0.6) is 28.7 Å². The van der Waals surface area contributed by atoms with Crippen LogP contribution in [0.1, 0.15) is 79.2 Å². The number of carboxylic acids is 1. The molecule has 1 saturated carbocycles. The number of carboxylic acid groups (broad SMARTS) is 1. The smallest absolute Gasteiger partial charge is 0.317 e. The zero-order chi connectivity index (χ0) is 40.7. The molecule has 8 N–H and O–H groups in total. The quantitative estimate of drug-likeness (QED) is 0.106. The normalized spacial score (nSPS) is 29.1. The van der Waals surface area contributed by atoms with Crippen LogP contribution in [0, 0.1) is 0 Å². The number of ether oxygens (including phenoxy) is 7. The Morgan fingerprint density at radius 2 is 1.78 bits per heavy atom. The first-order valence-electron chi connectivity index (χ1n) is 19.7. The molecule has 16 heteroatoms. The van der Waals surface area contributed by atoms with Gasteiger partial charge in [0.15, 0.2) is 23.2 Å². The van der Waals surface area contributed by atoms with Crippen molar-refractivity contribution in [2.75, 3.05) is 20.8 Å². The summed E-state index contributed by atoms with van der Waals surface area (Å²) < 4.78 is 44.1. The van der Waals surface area contributed by atoms with Gasteiger partial charge >= 0.3 is 11.9 Å². The van der Waals surface area contributed by atoms with Gasteiger partial charge < -0.3 is 65.1 Å². The van der Waals surface area contributed by atoms with Crippen molar-refractivity contribution in [3.05, 3.63) is 75.3 Å². The van der Waals surface area contributed by atoms with Gasteiger partial charge in [0.05, 0.1) is 38.2 Å². The van der Waals surface area contributed by atoms with Crippen molar-refractivity contribution < 1.29 is 63.2 Å². The molecule has 5 heterocycles. The molecule has 0 aromatic heterocycles. The molecule has 308 valence electrons. The summed E-state index contributed by atoms with van der Waals surface area (Å²) in [4.78, 5) is 28.6. The van der Waals surface area contributed by atoms with E-state index in [9.17, 15) is 24.9 Å². The number of para-hydroxylation sites is 1. The highest BCUT2D eigenvalue weighted by atomic mass is 16.7. The molecule has 9 rings (SSSR count). The lowest BCUT2D eigenvalue weighted by Crippen LogP contribution is -2.71. The third-order valence-corrected chi connectivity index (χ3v) is 12.7. The molecular formula is C42H47N3O13. The number of nitrogens with zero attached hydrogens (tertiary/aromatic N) is 1. The van der Waals surface area contributed by atoms with Crippen molar-refractivity contribution in [3.63, 3.8) is 0 Å². The van der Waals surface area contributed by atoms with Gasteiger partial charge in [-0.15, -0.1) is 0 Å². The van der Waals surface area contributed by atoms with Gasteiger partial charge in [0.1, 0.15) is 47.9 Å². The molecule has 1 saturated heterocycles. The Kier molecular flexibility index (Phi) is 9.56. The third kappa shape index (κ3) is 5.91. The molecule has 6 aliphatic rings. The number of carbonyl (C=O) groups is 2.